The van der Waals surface area contributed by atoms with E-state index in [-0.39, 0.29) is 12.5 Å². The van der Waals surface area contributed by atoms with Crippen molar-refractivity contribution in [2.45, 2.75) is 19.9 Å². The van der Waals surface area contributed by atoms with Crippen LogP contribution in [0.25, 0.3) is 0 Å². The lowest BCUT2D eigenvalue weighted by Crippen LogP contribution is -2.43. The van der Waals surface area contributed by atoms with Gasteiger partial charge in [0, 0.05) is 24.8 Å². The summed E-state index contributed by atoms with van der Waals surface area (Å²) in [5.41, 5.74) is 7.15. The number of nitrogens with one attached hydrogen (secondary N) is 1. The van der Waals surface area contributed by atoms with Crippen molar-refractivity contribution in [3.05, 3.63) is 18.2 Å². The maximum absolute atomic E-state index is 11.9. The smallest absolute Gasteiger partial charge is 0.265 e. The van der Waals surface area contributed by atoms with Crippen LogP contribution in [0.2, 0.25) is 0 Å². The summed E-state index contributed by atoms with van der Waals surface area (Å²) in [6.07, 6.45) is 0. The Morgan fingerprint density at radius 2 is 2.28 bits per heavy atom. The molecule has 5 nitrogen and oxygen atoms in total. The predicted octanol–water partition coefficient (Wildman–Crippen LogP) is 0.992. The first kappa shape index (κ1) is 12.7. The van der Waals surface area contributed by atoms with E-state index in [0.29, 0.717) is 24.0 Å². The summed E-state index contributed by atoms with van der Waals surface area (Å²) in [4.78, 5) is 13.6. The lowest BCUT2D eigenvalue weighted by molar-refractivity contribution is -0.121. The number of anilines is 2. The third-order valence-corrected chi connectivity index (χ3v) is 2.81. The van der Waals surface area contributed by atoms with Gasteiger partial charge in [0.2, 0.25) is 0 Å². The minimum absolute atomic E-state index is 0.0290. The molecule has 0 spiro atoms. The van der Waals surface area contributed by atoms with Gasteiger partial charge in [-0.25, -0.2) is 0 Å². The van der Waals surface area contributed by atoms with Gasteiger partial charge in [0.15, 0.2) is 6.61 Å². The number of carbonyl (C=O) groups is 1. The van der Waals surface area contributed by atoms with Crippen LogP contribution in [0.5, 0.6) is 5.75 Å². The molecule has 2 rings (SSSR count). The molecule has 0 saturated carbocycles. The number of rotatable bonds is 4. The Labute approximate surface area is 107 Å². The minimum Gasteiger partial charge on any atom is -0.482 e. The van der Waals surface area contributed by atoms with Crippen molar-refractivity contribution in [3.8, 4) is 5.75 Å². The Morgan fingerprint density at radius 3 is 3.00 bits per heavy atom. The molecule has 0 aromatic heterocycles. The number of hydrogen-bond acceptors (Lipinski definition) is 4. The Morgan fingerprint density at radius 1 is 1.50 bits per heavy atom. The second-order valence-electron chi connectivity index (χ2n) is 4.67. The van der Waals surface area contributed by atoms with Crippen LogP contribution in [0.1, 0.15) is 13.8 Å². The molecule has 0 radical (unpaired) electrons. The van der Waals surface area contributed by atoms with E-state index < -0.39 is 0 Å². The Hall–Kier alpha value is -1.75. The lowest BCUT2D eigenvalue weighted by atomic mass is 10.2. The summed E-state index contributed by atoms with van der Waals surface area (Å²) in [5.74, 6) is 0.687. The number of nitrogens with two attached hydrogens (primary N) is 1. The number of nitrogen functional groups attached to an aromatic ring is 1. The fourth-order valence-corrected chi connectivity index (χ4v) is 1.93. The zero-order valence-electron chi connectivity index (χ0n) is 10.8. The Bertz CT molecular complexity index is 446. The van der Waals surface area contributed by atoms with Crippen LogP contribution >= 0.6 is 0 Å². The average molecular weight is 249 g/mol. The van der Waals surface area contributed by atoms with E-state index in [1.165, 1.54) is 0 Å². The molecule has 18 heavy (non-hydrogen) atoms. The third kappa shape index (κ3) is 2.73. The first-order valence-corrected chi connectivity index (χ1v) is 6.14. The monoisotopic (exact) mass is 249 g/mol. The highest BCUT2D eigenvalue weighted by Crippen LogP contribution is 2.33. The van der Waals surface area contributed by atoms with Crippen LogP contribution in [-0.4, -0.2) is 31.6 Å². The highest BCUT2D eigenvalue weighted by atomic mass is 16.5. The molecule has 0 unspecified atom stereocenters. The van der Waals surface area contributed by atoms with Gasteiger partial charge in [0.05, 0.1) is 5.69 Å². The molecule has 0 atom stereocenters. The number of benzene rings is 1. The molecule has 1 aliphatic heterocycles. The van der Waals surface area contributed by atoms with Crippen LogP contribution < -0.4 is 20.7 Å². The maximum Gasteiger partial charge on any atom is 0.265 e. The van der Waals surface area contributed by atoms with Crippen molar-refractivity contribution < 1.29 is 9.53 Å². The molecular formula is C13H19N3O2. The molecule has 5 heteroatoms. The van der Waals surface area contributed by atoms with Gasteiger partial charge >= 0.3 is 0 Å². The highest BCUT2D eigenvalue weighted by Gasteiger charge is 2.25. The van der Waals surface area contributed by atoms with E-state index >= 15 is 0 Å². The zero-order valence-corrected chi connectivity index (χ0v) is 10.8. The molecule has 1 amide bonds. The third-order valence-electron chi connectivity index (χ3n) is 2.81. The molecule has 98 valence electrons. The lowest BCUT2D eigenvalue weighted by Gasteiger charge is -2.30. The number of amides is 1. The molecule has 3 N–H and O–H groups in total. The molecule has 1 aromatic rings. The van der Waals surface area contributed by atoms with Gasteiger partial charge in [-0.1, -0.05) is 13.8 Å². The van der Waals surface area contributed by atoms with Crippen LogP contribution in [0.4, 0.5) is 11.4 Å². The van der Waals surface area contributed by atoms with Gasteiger partial charge in [-0.05, 0) is 18.2 Å². The molecule has 0 fully saturated rings. The van der Waals surface area contributed by atoms with Gasteiger partial charge in [-0.3, -0.25) is 4.79 Å². The summed E-state index contributed by atoms with van der Waals surface area (Å²) in [6, 6.07) is 5.77. The molecule has 0 bridgehead atoms. The van der Waals surface area contributed by atoms with Crippen molar-refractivity contribution >= 4 is 17.3 Å². The number of ether oxygens (including phenoxy) is 1. The van der Waals surface area contributed by atoms with Gasteiger partial charge in [-0.15, -0.1) is 0 Å². The standard InChI is InChI=1S/C13H19N3O2/c1-9(2)15-5-6-16-11-7-10(14)3-4-12(11)18-8-13(16)17/h3-4,7,9,15H,5-6,8,14H2,1-2H3. The normalized spacial score (nSPS) is 14.6. The largest absolute Gasteiger partial charge is 0.482 e. The van der Waals surface area contributed by atoms with Crippen molar-refractivity contribution in [3.63, 3.8) is 0 Å². The SMILES string of the molecule is CC(C)NCCN1C(=O)COc2ccc(N)cc21. The maximum atomic E-state index is 11.9. The quantitative estimate of drug-likeness (QED) is 0.781. The van der Waals surface area contributed by atoms with E-state index in [1.54, 1.807) is 23.1 Å². The number of carbonyl (C=O) groups excluding carboxylic acids is 1. The highest BCUT2D eigenvalue weighted by molar-refractivity contribution is 5.98. The van der Waals surface area contributed by atoms with Crippen LogP contribution in [0.3, 0.4) is 0 Å². The van der Waals surface area contributed by atoms with Gasteiger partial charge < -0.3 is 20.7 Å². The van der Waals surface area contributed by atoms with Crippen LogP contribution in [-0.2, 0) is 4.79 Å². The summed E-state index contributed by atoms with van der Waals surface area (Å²) in [6.45, 7) is 5.62. The van der Waals surface area contributed by atoms with E-state index in [4.69, 9.17) is 10.5 Å². The molecule has 0 saturated heterocycles. The zero-order chi connectivity index (χ0) is 13.1. The Balaban J connectivity index is 2.14. The molecule has 1 aromatic carbocycles. The number of nitrogens with zero attached hydrogens (tertiary/aromatic N) is 1. The van der Waals surface area contributed by atoms with E-state index in [2.05, 4.69) is 19.2 Å². The molecule has 1 heterocycles. The molecular weight excluding hydrogens is 230 g/mol. The first-order valence-electron chi connectivity index (χ1n) is 6.14. The van der Waals surface area contributed by atoms with Gasteiger partial charge in [0.25, 0.3) is 5.91 Å². The van der Waals surface area contributed by atoms with Crippen molar-refractivity contribution in [1.29, 1.82) is 0 Å². The van der Waals surface area contributed by atoms with Gasteiger partial charge in [0.1, 0.15) is 5.75 Å². The number of fused-ring (bicyclic) bond motifs is 1. The number of hydrogen-bond donors (Lipinski definition) is 2. The molecule has 1 aliphatic rings. The first-order chi connectivity index (χ1) is 8.58. The van der Waals surface area contributed by atoms with Crippen LogP contribution in [0.15, 0.2) is 18.2 Å². The predicted molar refractivity (Wildman–Crippen MR) is 71.8 cm³/mol. The topological polar surface area (TPSA) is 67.6 Å². The minimum atomic E-state index is -0.0290. The van der Waals surface area contributed by atoms with Crippen LogP contribution in [0, 0.1) is 0 Å². The van der Waals surface area contributed by atoms with Crippen molar-refractivity contribution in [2.24, 2.45) is 0 Å². The second-order valence-corrected chi connectivity index (χ2v) is 4.67. The van der Waals surface area contributed by atoms with Crippen molar-refractivity contribution in [2.75, 3.05) is 30.3 Å². The van der Waals surface area contributed by atoms with E-state index in [9.17, 15) is 4.79 Å². The van der Waals surface area contributed by atoms with Gasteiger partial charge in [-0.2, -0.15) is 0 Å². The summed E-state index contributed by atoms with van der Waals surface area (Å²) >= 11 is 0. The van der Waals surface area contributed by atoms with Crippen molar-refractivity contribution in [1.82, 2.24) is 5.32 Å². The average Bonchev–Trinajstić information content (AvgIpc) is 2.31. The Kier molecular flexibility index (Phi) is 3.72. The van der Waals surface area contributed by atoms with E-state index in [1.807, 2.05) is 0 Å². The fraction of sp³-hybridized carbons (Fsp3) is 0.462. The fourth-order valence-electron chi connectivity index (χ4n) is 1.93. The van der Waals surface area contributed by atoms with E-state index in [0.717, 1.165) is 12.2 Å². The second kappa shape index (κ2) is 5.27. The molecule has 0 aliphatic carbocycles. The summed E-state index contributed by atoms with van der Waals surface area (Å²) in [7, 11) is 0. The summed E-state index contributed by atoms with van der Waals surface area (Å²) < 4.78 is 5.38. The summed E-state index contributed by atoms with van der Waals surface area (Å²) in [5, 5.41) is 3.29.